The van der Waals surface area contributed by atoms with Gasteiger partial charge in [0.2, 0.25) is 10.6 Å². The summed E-state index contributed by atoms with van der Waals surface area (Å²) in [6, 6.07) is 8.24. The molecule has 2 aliphatic heterocycles. The summed E-state index contributed by atoms with van der Waals surface area (Å²) < 4.78 is 4.63. The largest absolute Gasteiger partial charge is 0.467 e. The molecule has 0 spiro atoms. The fourth-order valence-electron chi connectivity index (χ4n) is 2.71. The molecule has 1 fully saturated rings. The van der Waals surface area contributed by atoms with Gasteiger partial charge in [0.15, 0.2) is 6.04 Å². The van der Waals surface area contributed by atoms with E-state index in [1.165, 1.54) is 40.7 Å². The maximum absolute atomic E-state index is 12.4. The summed E-state index contributed by atoms with van der Waals surface area (Å²) in [6.07, 6.45) is 0.297. The zero-order valence-electron chi connectivity index (χ0n) is 14.1. The summed E-state index contributed by atoms with van der Waals surface area (Å²) >= 11 is 2.85. The zero-order valence-corrected chi connectivity index (χ0v) is 15.7. The Balaban J connectivity index is 1.80. The van der Waals surface area contributed by atoms with E-state index in [9.17, 15) is 9.59 Å². The molecule has 1 aromatic rings. The number of thioether (sulfide) groups is 2. The van der Waals surface area contributed by atoms with Crippen molar-refractivity contribution in [2.45, 2.75) is 29.5 Å². The second-order valence-electron chi connectivity index (χ2n) is 5.48. The van der Waals surface area contributed by atoms with Crippen molar-refractivity contribution in [1.82, 2.24) is 10.0 Å². The van der Waals surface area contributed by atoms with Crippen molar-refractivity contribution in [2.75, 3.05) is 7.11 Å². The van der Waals surface area contributed by atoms with Gasteiger partial charge in [0, 0.05) is 5.22 Å². The van der Waals surface area contributed by atoms with Crippen molar-refractivity contribution < 1.29 is 14.3 Å². The Morgan fingerprint density at radius 3 is 2.85 bits per heavy atom. The van der Waals surface area contributed by atoms with Crippen LogP contribution >= 0.6 is 23.5 Å². The smallest absolute Gasteiger partial charge is 0.333 e. The van der Waals surface area contributed by atoms with E-state index >= 15 is 0 Å². The van der Waals surface area contributed by atoms with Crippen LogP contribution in [0.2, 0.25) is 0 Å². The molecule has 9 nitrogen and oxygen atoms in total. The Bertz CT molecular complexity index is 783. The molecule has 1 amide bonds. The molecule has 0 radical (unpaired) electrons. The van der Waals surface area contributed by atoms with Crippen LogP contribution in [-0.4, -0.2) is 44.1 Å². The minimum Gasteiger partial charge on any atom is -0.467 e. The first-order valence-corrected chi connectivity index (χ1v) is 9.53. The molecule has 0 aromatic heterocycles. The summed E-state index contributed by atoms with van der Waals surface area (Å²) in [6.45, 7) is 1.82. The van der Waals surface area contributed by atoms with Crippen LogP contribution in [0.25, 0.3) is 10.4 Å². The van der Waals surface area contributed by atoms with Crippen LogP contribution in [0.15, 0.2) is 40.7 Å². The molecule has 1 aromatic carbocycles. The molecular weight excluding hydrogens is 376 g/mol. The molecule has 26 heavy (non-hydrogen) atoms. The van der Waals surface area contributed by atoms with Gasteiger partial charge in [0.05, 0.1) is 18.9 Å². The molecular formula is C15H16N6O3S2. The normalized spacial score (nSPS) is 23.0. The lowest BCUT2D eigenvalue weighted by molar-refractivity contribution is -0.160. The Kier molecular flexibility index (Phi) is 5.60. The molecule has 3 rings (SSSR count). The van der Waals surface area contributed by atoms with Crippen molar-refractivity contribution in [2.24, 2.45) is 10.3 Å². The quantitative estimate of drug-likeness (QED) is 0.242. The van der Waals surface area contributed by atoms with Crippen LogP contribution in [-0.2, 0) is 14.3 Å². The van der Waals surface area contributed by atoms with Gasteiger partial charge in [-0.15, -0.1) is 5.53 Å². The van der Waals surface area contributed by atoms with Crippen molar-refractivity contribution >= 4 is 40.4 Å². The van der Waals surface area contributed by atoms with E-state index in [2.05, 4.69) is 15.2 Å². The molecule has 11 heteroatoms. The SMILES string of the molecule is COC(=O)C(c1ccccc1)N1C(=O)CC1SC1SC(C)=NN1N=[N+]=[N-]. The van der Waals surface area contributed by atoms with Gasteiger partial charge in [-0.1, -0.05) is 52.3 Å². The van der Waals surface area contributed by atoms with Crippen molar-refractivity contribution in [3.05, 3.63) is 46.3 Å². The summed E-state index contributed by atoms with van der Waals surface area (Å²) in [5, 5.41) is 9.50. The summed E-state index contributed by atoms with van der Waals surface area (Å²) in [4.78, 5) is 29.0. The number of carbonyl (C=O) groups excluding carboxylic acids is 2. The first kappa shape index (κ1) is 18.4. The number of carbonyl (C=O) groups is 2. The second kappa shape index (κ2) is 7.90. The number of ether oxygens (including phenoxy) is 1. The van der Waals surface area contributed by atoms with Gasteiger partial charge < -0.3 is 9.64 Å². The molecule has 2 aliphatic rings. The van der Waals surface area contributed by atoms with Crippen LogP contribution in [0.3, 0.4) is 0 Å². The predicted octanol–water partition coefficient (Wildman–Crippen LogP) is 3.08. The van der Waals surface area contributed by atoms with Crippen molar-refractivity contribution in [1.29, 1.82) is 0 Å². The predicted molar refractivity (Wildman–Crippen MR) is 99.5 cm³/mol. The average molecular weight is 392 g/mol. The molecule has 2 heterocycles. The van der Waals surface area contributed by atoms with Crippen molar-refractivity contribution in [3.8, 4) is 0 Å². The number of methoxy groups -OCH3 is 1. The zero-order chi connectivity index (χ0) is 18.7. The number of benzene rings is 1. The fourth-order valence-corrected chi connectivity index (χ4v) is 5.42. The number of hydrogen-bond donors (Lipinski definition) is 0. The van der Waals surface area contributed by atoms with Gasteiger partial charge in [-0.25, -0.2) is 4.79 Å². The van der Waals surface area contributed by atoms with Gasteiger partial charge in [-0.05, 0) is 24.2 Å². The molecule has 0 saturated carbocycles. The first-order valence-electron chi connectivity index (χ1n) is 7.70. The third-order valence-electron chi connectivity index (χ3n) is 3.87. The Hall–Kier alpha value is -2.36. The minimum atomic E-state index is -0.804. The van der Waals surface area contributed by atoms with E-state index in [0.29, 0.717) is 12.0 Å². The van der Waals surface area contributed by atoms with Gasteiger partial charge in [-0.2, -0.15) is 4.91 Å². The van der Waals surface area contributed by atoms with E-state index in [0.717, 1.165) is 5.04 Å². The minimum absolute atomic E-state index is 0.127. The van der Waals surface area contributed by atoms with Crippen LogP contribution in [0.4, 0.5) is 0 Å². The average Bonchev–Trinajstić information content (AvgIpc) is 2.98. The Labute approximate surface area is 158 Å². The molecule has 1 saturated heterocycles. The maximum atomic E-state index is 12.4. The Morgan fingerprint density at radius 2 is 2.23 bits per heavy atom. The lowest BCUT2D eigenvalue weighted by Crippen LogP contribution is -2.55. The summed E-state index contributed by atoms with van der Waals surface area (Å²) in [5.74, 6) is -0.619. The highest BCUT2D eigenvalue weighted by Gasteiger charge is 2.48. The third kappa shape index (κ3) is 3.59. The second-order valence-corrected chi connectivity index (χ2v) is 8.31. The van der Waals surface area contributed by atoms with Gasteiger partial charge in [0.1, 0.15) is 5.04 Å². The molecule has 3 atom stereocenters. The third-order valence-corrected chi connectivity index (χ3v) is 6.44. The fraction of sp³-hybridized carbons (Fsp3) is 0.400. The van der Waals surface area contributed by atoms with Crippen LogP contribution in [0, 0.1) is 0 Å². The van der Waals surface area contributed by atoms with E-state index < -0.39 is 12.0 Å². The monoisotopic (exact) mass is 392 g/mol. The van der Waals surface area contributed by atoms with Gasteiger partial charge in [0.25, 0.3) is 0 Å². The number of esters is 1. The van der Waals surface area contributed by atoms with E-state index in [1.54, 1.807) is 12.1 Å². The van der Waals surface area contributed by atoms with Crippen LogP contribution in [0.5, 0.6) is 0 Å². The molecule has 0 bridgehead atoms. The number of hydrazone groups is 1. The summed E-state index contributed by atoms with van der Waals surface area (Å²) in [5.41, 5.74) is 9.37. The lowest BCUT2D eigenvalue weighted by Gasteiger charge is -2.44. The topological polar surface area (TPSA) is 111 Å². The highest BCUT2D eigenvalue weighted by atomic mass is 32.2. The number of rotatable bonds is 6. The molecule has 0 N–H and O–H groups in total. The summed E-state index contributed by atoms with van der Waals surface area (Å²) in [7, 11) is 1.30. The van der Waals surface area contributed by atoms with E-state index in [-0.39, 0.29) is 16.0 Å². The maximum Gasteiger partial charge on any atom is 0.333 e. The van der Waals surface area contributed by atoms with E-state index in [1.807, 2.05) is 25.1 Å². The highest BCUT2D eigenvalue weighted by molar-refractivity contribution is 8.25. The first-order chi connectivity index (χ1) is 12.5. The lowest BCUT2D eigenvalue weighted by atomic mass is 10.0. The number of amides is 1. The molecule has 136 valence electrons. The van der Waals surface area contributed by atoms with Crippen LogP contribution in [0.1, 0.15) is 24.9 Å². The van der Waals surface area contributed by atoms with E-state index in [4.69, 9.17) is 10.3 Å². The number of azide groups is 1. The highest BCUT2D eigenvalue weighted by Crippen LogP contribution is 2.45. The number of likely N-dealkylation sites (tertiary alicyclic amines) is 1. The number of hydrogen-bond acceptors (Lipinski definition) is 7. The van der Waals surface area contributed by atoms with Crippen molar-refractivity contribution in [3.63, 3.8) is 0 Å². The van der Waals surface area contributed by atoms with Crippen LogP contribution < -0.4 is 0 Å². The molecule has 3 unspecified atom stereocenters. The van der Waals surface area contributed by atoms with Gasteiger partial charge >= 0.3 is 5.97 Å². The van der Waals surface area contributed by atoms with Gasteiger partial charge in [-0.3, -0.25) is 4.79 Å². The number of nitrogens with zero attached hydrogens (tertiary/aromatic N) is 6. The Morgan fingerprint density at radius 1 is 1.50 bits per heavy atom. The number of β-lactam (4-membered cyclic amide) rings is 1. The standard InChI is InChI=1S/C15H16N6O3S2/c1-9-17-21(19-18-16)15(25-9)26-12-8-11(22)20(12)13(14(23)24-2)10-6-4-3-5-7-10/h3-7,12-13,15H,8H2,1-2H3. The molecule has 0 aliphatic carbocycles.